The zero-order valence-electron chi connectivity index (χ0n) is 11.1. The molecule has 2 rings (SSSR count). The Labute approximate surface area is 120 Å². The minimum absolute atomic E-state index is 0.189. The summed E-state index contributed by atoms with van der Waals surface area (Å²) in [6.45, 7) is 1.84. The maximum absolute atomic E-state index is 12.9. The molecule has 0 bridgehead atoms. The first-order chi connectivity index (χ1) is 10.0. The van der Waals surface area contributed by atoms with Crippen molar-refractivity contribution in [2.75, 3.05) is 5.32 Å². The number of halogens is 1. The summed E-state index contributed by atoms with van der Waals surface area (Å²) < 4.78 is 12.9. The van der Waals surface area contributed by atoms with E-state index in [-0.39, 0.29) is 23.2 Å². The molecule has 0 aliphatic carbocycles. The third-order valence-electron chi connectivity index (χ3n) is 2.91. The van der Waals surface area contributed by atoms with Gasteiger partial charge in [-0.3, -0.25) is 10.1 Å². The normalized spacial score (nSPS) is 11.5. The van der Waals surface area contributed by atoms with Crippen LogP contribution >= 0.6 is 0 Å². The Kier molecular flexibility index (Phi) is 4.09. The number of nitrogens with one attached hydrogen (secondary N) is 1. The van der Waals surface area contributed by atoms with Gasteiger partial charge in [0.05, 0.1) is 4.92 Å². The smallest absolute Gasteiger partial charge is 0.305 e. The average molecular weight is 286 g/mol. The van der Waals surface area contributed by atoms with Crippen molar-refractivity contribution in [2.45, 2.75) is 13.0 Å². The Morgan fingerprint density at radius 3 is 2.57 bits per heavy atom. The highest BCUT2D eigenvalue weighted by Crippen LogP contribution is 2.22. The minimum atomic E-state index is -0.654. The number of aromatic nitrogens is 1. The Morgan fingerprint density at radius 1 is 1.33 bits per heavy atom. The summed E-state index contributed by atoms with van der Waals surface area (Å²) >= 11 is 0. The quantitative estimate of drug-likeness (QED) is 0.688. The summed E-state index contributed by atoms with van der Waals surface area (Å²) in [6, 6.07) is 10.1. The zero-order valence-corrected chi connectivity index (χ0v) is 11.1. The maximum atomic E-state index is 12.9. The predicted molar refractivity (Wildman–Crippen MR) is 74.0 cm³/mol. The molecule has 1 aromatic carbocycles. The Bertz CT molecular complexity index is 710. The summed E-state index contributed by atoms with van der Waals surface area (Å²) in [5.41, 5.74) is 0.240. The lowest BCUT2D eigenvalue weighted by molar-refractivity contribution is -0.385. The molecule has 6 nitrogen and oxygen atoms in total. The standard InChI is InChI=1S/C14H11FN4O2/c1-9(10-2-4-11(15)5-3-10)17-14-7-6-13(19(20)21)12(8-16)18-14/h2-7,9H,1H3,(H,17,18). The molecule has 0 amide bonds. The van der Waals surface area contributed by atoms with Crippen molar-refractivity contribution in [3.05, 3.63) is 63.6 Å². The van der Waals surface area contributed by atoms with Gasteiger partial charge in [0.2, 0.25) is 5.69 Å². The number of pyridine rings is 1. The van der Waals surface area contributed by atoms with Gasteiger partial charge in [0.25, 0.3) is 0 Å². The van der Waals surface area contributed by atoms with Crippen LogP contribution in [-0.4, -0.2) is 9.91 Å². The molecule has 0 aliphatic heterocycles. The van der Waals surface area contributed by atoms with Crippen LogP contribution in [0.2, 0.25) is 0 Å². The van der Waals surface area contributed by atoms with Crippen molar-refractivity contribution in [3.63, 3.8) is 0 Å². The van der Waals surface area contributed by atoms with E-state index >= 15 is 0 Å². The van der Waals surface area contributed by atoms with Crippen LogP contribution in [0, 0.1) is 27.3 Å². The largest absolute Gasteiger partial charge is 0.364 e. The van der Waals surface area contributed by atoms with Crippen LogP contribution in [-0.2, 0) is 0 Å². The molecule has 1 heterocycles. The molecule has 1 unspecified atom stereocenters. The molecule has 0 radical (unpaired) electrons. The summed E-state index contributed by atoms with van der Waals surface area (Å²) in [4.78, 5) is 14.0. The molecule has 7 heteroatoms. The zero-order chi connectivity index (χ0) is 15.4. The first-order valence-electron chi connectivity index (χ1n) is 6.09. The van der Waals surface area contributed by atoms with E-state index < -0.39 is 4.92 Å². The van der Waals surface area contributed by atoms with Crippen molar-refractivity contribution in [3.8, 4) is 6.07 Å². The van der Waals surface area contributed by atoms with Gasteiger partial charge < -0.3 is 5.32 Å². The van der Waals surface area contributed by atoms with Crippen LogP contribution in [0.3, 0.4) is 0 Å². The fraction of sp³-hybridized carbons (Fsp3) is 0.143. The molecule has 0 fully saturated rings. The van der Waals surface area contributed by atoms with Gasteiger partial charge in [0.15, 0.2) is 0 Å². The highest BCUT2D eigenvalue weighted by molar-refractivity contribution is 5.51. The van der Waals surface area contributed by atoms with Crippen molar-refractivity contribution < 1.29 is 9.31 Å². The SMILES string of the molecule is CC(Nc1ccc([N+](=O)[O-])c(C#N)n1)c1ccc(F)cc1. The Balaban J connectivity index is 2.22. The number of hydrogen-bond acceptors (Lipinski definition) is 5. The summed E-state index contributed by atoms with van der Waals surface area (Å²) in [7, 11) is 0. The lowest BCUT2D eigenvalue weighted by Crippen LogP contribution is -2.09. The highest BCUT2D eigenvalue weighted by Gasteiger charge is 2.16. The molecule has 1 aromatic heterocycles. The maximum Gasteiger partial charge on any atom is 0.305 e. The van der Waals surface area contributed by atoms with E-state index in [9.17, 15) is 14.5 Å². The predicted octanol–water partition coefficient (Wildman–Crippen LogP) is 3.17. The third kappa shape index (κ3) is 3.30. The lowest BCUT2D eigenvalue weighted by atomic mass is 10.1. The molecule has 0 saturated carbocycles. The van der Waals surface area contributed by atoms with E-state index in [1.807, 2.05) is 6.92 Å². The van der Waals surface area contributed by atoms with Gasteiger partial charge in [-0.1, -0.05) is 12.1 Å². The Morgan fingerprint density at radius 2 is 2.00 bits per heavy atom. The van der Waals surface area contributed by atoms with Crippen molar-refractivity contribution in [1.29, 1.82) is 5.26 Å². The number of hydrogen-bond donors (Lipinski definition) is 1. The van der Waals surface area contributed by atoms with Gasteiger partial charge in [-0.25, -0.2) is 9.37 Å². The molecule has 2 aromatic rings. The molecule has 1 atom stereocenters. The van der Waals surface area contributed by atoms with Crippen LogP contribution < -0.4 is 5.32 Å². The molecule has 106 valence electrons. The number of nitro groups is 1. The van der Waals surface area contributed by atoms with Gasteiger partial charge in [-0.05, 0) is 30.7 Å². The van der Waals surface area contributed by atoms with Gasteiger partial charge in [0, 0.05) is 12.1 Å². The number of anilines is 1. The van der Waals surface area contributed by atoms with E-state index in [0.717, 1.165) is 5.56 Å². The van der Waals surface area contributed by atoms with Crippen LogP contribution in [0.25, 0.3) is 0 Å². The summed E-state index contributed by atoms with van der Waals surface area (Å²) in [5, 5.41) is 22.6. The second kappa shape index (κ2) is 5.96. The first-order valence-corrected chi connectivity index (χ1v) is 6.09. The first kappa shape index (κ1) is 14.4. The van der Waals surface area contributed by atoms with Gasteiger partial charge in [-0.2, -0.15) is 5.26 Å². The van der Waals surface area contributed by atoms with Gasteiger partial charge >= 0.3 is 5.69 Å². The number of nitriles is 1. The van der Waals surface area contributed by atoms with Crippen molar-refractivity contribution >= 4 is 11.5 Å². The monoisotopic (exact) mass is 286 g/mol. The molecular weight excluding hydrogens is 275 g/mol. The molecule has 0 aliphatic rings. The summed E-state index contributed by atoms with van der Waals surface area (Å²) in [5.74, 6) is 0.0140. The fourth-order valence-corrected chi connectivity index (χ4v) is 1.82. The van der Waals surface area contributed by atoms with Crippen molar-refractivity contribution in [1.82, 2.24) is 4.98 Å². The molecule has 1 N–H and O–H groups in total. The second-order valence-corrected chi connectivity index (χ2v) is 4.35. The van der Waals surface area contributed by atoms with E-state index in [1.165, 1.54) is 24.3 Å². The van der Waals surface area contributed by atoms with Crippen LogP contribution in [0.15, 0.2) is 36.4 Å². The number of benzene rings is 1. The fourth-order valence-electron chi connectivity index (χ4n) is 1.82. The average Bonchev–Trinajstić information content (AvgIpc) is 2.47. The van der Waals surface area contributed by atoms with Crippen LogP contribution in [0.1, 0.15) is 24.2 Å². The number of rotatable bonds is 4. The van der Waals surface area contributed by atoms with Gasteiger partial charge in [-0.15, -0.1) is 0 Å². The lowest BCUT2D eigenvalue weighted by Gasteiger charge is -2.14. The third-order valence-corrected chi connectivity index (χ3v) is 2.91. The van der Waals surface area contributed by atoms with E-state index in [0.29, 0.717) is 5.82 Å². The van der Waals surface area contributed by atoms with Crippen LogP contribution in [0.5, 0.6) is 0 Å². The molecule has 21 heavy (non-hydrogen) atoms. The molecular formula is C14H11FN4O2. The van der Waals surface area contributed by atoms with Crippen LogP contribution in [0.4, 0.5) is 15.9 Å². The van der Waals surface area contributed by atoms with E-state index in [4.69, 9.17) is 5.26 Å². The van der Waals surface area contributed by atoms with Crippen molar-refractivity contribution in [2.24, 2.45) is 0 Å². The highest BCUT2D eigenvalue weighted by atomic mass is 19.1. The summed E-state index contributed by atoms with van der Waals surface area (Å²) in [6.07, 6.45) is 0. The topological polar surface area (TPSA) is 91.9 Å². The number of nitrogens with zero attached hydrogens (tertiary/aromatic N) is 3. The second-order valence-electron chi connectivity index (χ2n) is 4.35. The molecule has 0 spiro atoms. The minimum Gasteiger partial charge on any atom is -0.364 e. The molecule has 0 saturated heterocycles. The Hall–Kier alpha value is -3.01. The van der Waals surface area contributed by atoms with Gasteiger partial charge in [0.1, 0.15) is 17.7 Å². The van der Waals surface area contributed by atoms with E-state index in [2.05, 4.69) is 10.3 Å². The van der Waals surface area contributed by atoms with E-state index in [1.54, 1.807) is 18.2 Å².